The number of carbonyl (C=O) groups excluding carboxylic acids is 1. The van der Waals surface area contributed by atoms with Crippen molar-refractivity contribution in [2.24, 2.45) is 0 Å². The molecule has 7 heteroatoms. The Morgan fingerprint density at radius 2 is 2.27 bits per heavy atom. The first-order valence-electron chi connectivity index (χ1n) is 6.73. The molecule has 2 heterocycles. The maximum atomic E-state index is 13.7. The van der Waals surface area contributed by atoms with Crippen LogP contribution in [0.3, 0.4) is 0 Å². The third-order valence-electron chi connectivity index (χ3n) is 3.51. The maximum absolute atomic E-state index is 13.7. The Hall–Kier alpha value is -2.21. The van der Waals surface area contributed by atoms with Gasteiger partial charge in [0, 0.05) is 23.9 Å². The number of rotatable bonds is 3. The molecule has 2 aromatic rings. The number of aromatic nitrogens is 2. The van der Waals surface area contributed by atoms with Crippen molar-refractivity contribution in [2.45, 2.75) is 12.8 Å². The van der Waals surface area contributed by atoms with Gasteiger partial charge in [0.05, 0.1) is 13.5 Å². The van der Waals surface area contributed by atoms with Crippen molar-refractivity contribution in [1.29, 1.82) is 0 Å². The van der Waals surface area contributed by atoms with Crippen molar-refractivity contribution in [1.82, 2.24) is 9.97 Å². The zero-order chi connectivity index (χ0) is 15.7. The highest BCUT2D eigenvalue weighted by molar-refractivity contribution is 6.29. The molecule has 114 valence electrons. The number of anilines is 1. The molecule has 0 unspecified atom stereocenters. The molecule has 0 spiro atoms. The van der Waals surface area contributed by atoms with Crippen LogP contribution in [0.1, 0.15) is 11.4 Å². The van der Waals surface area contributed by atoms with E-state index in [1.807, 2.05) is 0 Å². The molecule has 0 atom stereocenters. The van der Waals surface area contributed by atoms with Gasteiger partial charge in [-0.25, -0.2) is 9.37 Å². The number of benzene rings is 1. The van der Waals surface area contributed by atoms with E-state index in [2.05, 4.69) is 9.97 Å². The zero-order valence-electron chi connectivity index (χ0n) is 11.8. The van der Waals surface area contributed by atoms with Gasteiger partial charge in [-0.05, 0) is 18.6 Å². The van der Waals surface area contributed by atoms with Gasteiger partial charge in [0.1, 0.15) is 16.8 Å². The van der Waals surface area contributed by atoms with E-state index >= 15 is 0 Å². The van der Waals surface area contributed by atoms with Crippen LogP contribution < -0.4 is 9.64 Å². The molecule has 1 aliphatic rings. The molecule has 22 heavy (non-hydrogen) atoms. The highest BCUT2D eigenvalue weighted by Gasteiger charge is 2.27. The number of fused-ring (bicyclic) bond motifs is 1. The molecule has 1 aliphatic heterocycles. The molecule has 3 rings (SSSR count). The van der Waals surface area contributed by atoms with Crippen LogP contribution in [0.25, 0.3) is 0 Å². The monoisotopic (exact) mass is 321 g/mol. The van der Waals surface area contributed by atoms with Crippen LogP contribution in [0.15, 0.2) is 24.3 Å². The average molecular weight is 322 g/mol. The molecule has 0 N–H and O–H groups in total. The number of carbonyl (C=O) groups is 1. The lowest BCUT2D eigenvalue weighted by atomic mass is 10.1. The van der Waals surface area contributed by atoms with E-state index in [4.69, 9.17) is 16.3 Å². The van der Waals surface area contributed by atoms with Crippen LogP contribution in [0.4, 0.5) is 10.1 Å². The van der Waals surface area contributed by atoms with E-state index in [0.717, 1.165) is 0 Å². The van der Waals surface area contributed by atoms with Crippen molar-refractivity contribution in [2.75, 3.05) is 18.6 Å². The summed E-state index contributed by atoms with van der Waals surface area (Å²) in [6.07, 6.45) is 0.486. The fourth-order valence-corrected chi connectivity index (χ4v) is 2.70. The molecular formula is C15H13ClFN3O2. The topological polar surface area (TPSA) is 55.3 Å². The van der Waals surface area contributed by atoms with E-state index in [0.29, 0.717) is 30.1 Å². The van der Waals surface area contributed by atoms with Crippen molar-refractivity contribution < 1.29 is 13.9 Å². The van der Waals surface area contributed by atoms with E-state index in [1.165, 1.54) is 19.2 Å². The smallest absolute Gasteiger partial charge is 0.234 e. The average Bonchev–Trinajstić information content (AvgIpc) is 2.92. The molecule has 0 fully saturated rings. The Bertz CT molecular complexity index is 739. The Morgan fingerprint density at radius 1 is 1.45 bits per heavy atom. The van der Waals surface area contributed by atoms with Gasteiger partial charge in [0.15, 0.2) is 0 Å². The SMILES string of the molecule is COc1cc(Cl)nc(CC(=O)N2CCc3c(F)cccc32)n1. The van der Waals surface area contributed by atoms with Gasteiger partial charge in [-0.1, -0.05) is 17.7 Å². The molecule has 0 bridgehead atoms. The van der Waals surface area contributed by atoms with Gasteiger partial charge >= 0.3 is 0 Å². The third kappa shape index (κ3) is 2.74. The minimum Gasteiger partial charge on any atom is -0.481 e. The Balaban J connectivity index is 1.82. The summed E-state index contributed by atoms with van der Waals surface area (Å²) in [6, 6.07) is 6.20. The zero-order valence-corrected chi connectivity index (χ0v) is 12.6. The largest absolute Gasteiger partial charge is 0.481 e. The number of ether oxygens (including phenoxy) is 1. The van der Waals surface area contributed by atoms with Gasteiger partial charge in [0.2, 0.25) is 11.8 Å². The van der Waals surface area contributed by atoms with Crippen LogP contribution in [-0.2, 0) is 17.6 Å². The fraction of sp³-hybridized carbons (Fsp3) is 0.267. The number of hydrogen-bond donors (Lipinski definition) is 0. The van der Waals surface area contributed by atoms with E-state index in [9.17, 15) is 9.18 Å². The van der Waals surface area contributed by atoms with Crippen molar-refractivity contribution in [3.63, 3.8) is 0 Å². The first-order valence-corrected chi connectivity index (χ1v) is 7.11. The quantitative estimate of drug-likeness (QED) is 0.815. The second-order valence-corrected chi connectivity index (χ2v) is 5.25. The van der Waals surface area contributed by atoms with Gasteiger partial charge in [-0.2, -0.15) is 4.98 Å². The number of hydrogen-bond acceptors (Lipinski definition) is 4. The number of nitrogens with zero attached hydrogens (tertiary/aromatic N) is 3. The van der Waals surface area contributed by atoms with Crippen LogP contribution in [0, 0.1) is 5.82 Å². The summed E-state index contributed by atoms with van der Waals surface area (Å²) < 4.78 is 18.7. The lowest BCUT2D eigenvalue weighted by molar-refractivity contribution is -0.118. The minimum atomic E-state index is -0.284. The summed E-state index contributed by atoms with van der Waals surface area (Å²) in [5.74, 6) is 0.0945. The predicted octanol–water partition coefficient (Wildman–Crippen LogP) is 2.41. The Kier molecular flexibility index (Phi) is 3.94. The van der Waals surface area contributed by atoms with Crippen LogP contribution in [-0.4, -0.2) is 29.5 Å². The first-order chi connectivity index (χ1) is 10.6. The highest BCUT2D eigenvalue weighted by Crippen LogP contribution is 2.30. The molecule has 0 radical (unpaired) electrons. The molecule has 1 aromatic heterocycles. The summed E-state index contributed by atoms with van der Waals surface area (Å²) in [5.41, 5.74) is 1.18. The second-order valence-electron chi connectivity index (χ2n) is 4.86. The first kappa shape index (κ1) is 14.7. The summed E-state index contributed by atoms with van der Waals surface area (Å²) >= 11 is 5.87. The van der Waals surface area contributed by atoms with Gasteiger partial charge in [0.25, 0.3) is 0 Å². The van der Waals surface area contributed by atoms with Gasteiger partial charge in [-0.15, -0.1) is 0 Å². The number of amides is 1. The predicted molar refractivity (Wildman–Crippen MR) is 79.8 cm³/mol. The second kappa shape index (κ2) is 5.88. The van der Waals surface area contributed by atoms with E-state index in [1.54, 1.807) is 17.0 Å². The maximum Gasteiger partial charge on any atom is 0.234 e. The number of halogens is 2. The summed E-state index contributed by atoms with van der Waals surface area (Å²) in [6.45, 7) is 0.451. The summed E-state index contributed by atoms with van der Waals surface area (Å²) in [4.78, 5) is 22.1. The third-order valence-corrected chi connectivity index (χ3v) is 3.70. The van der Waals surface area contributed by atoms with Crippen molar-refractivity contribution in [3.8, 4) is 5.88 Å². The number of methoxy groups -OCH3 is 1. The van der Waals surface area contributed by atoms with Crippen molar-refractivity contribution in [3.05, 3.63) is 46.6 Å². The van der Waals surface area contributed by atoms with Crippen LogP contribution in [0.2, 0.25) is 5.15 Å². The molecule has 1 aromatic carbocycles. The fourth-order valence-electron chi connectivity index (χ4n) is 2.51. The molecular weight excluding hydrogens is 309 g/mol. The molecule has 1 amide bonds. The molecule has 0 saturated heterocycles. The lowest BCUT2D eigenvalue weighted by Gasteiger charge is -2.17. The minimum absolute atomic E-state index is 0.0210. The molecule has 0 saturated carbocycles. The Labute approximate surface area is 131 Å². The van der Waals surface area contributed by atoms with Crippen LogP contribution >= 0.6 is 11.6 Å². The standard InChI is InChI=1S/C15H13ClFN3O2/c1-22-14-7-12(16)18-13(19-14)8-15(21)20-6-5-9-10(17)3-2-4-11(9)20/h2-4,7H,5-6,8H2,1H3. The molecule has 0 aliphatic carbocycles. The summed E-state index contributed by atoms with van der Waals surface area (Å²) in [5, 5.41) is 0.211. The van der Waals surface area contributed by atoms with E-state index < -0.39 is 0 Å². The normalized spacial score (nSPS) is 13.1. The lowest BCUT2D eigenvalue weighted by Crippen LogP contribution is -2.30. The van der Waals surface area contributed by atoms with Gasteiger partial charge < -0.3 is 9.64 Å². The van der Waals surface area contributed by atoms with E-state index in [-0.39, 0.29) is 29.1 Å². The van der Waals surface area contributed by atoms with Crippen LogP contribution in [0.5, 0.6) is 5.88 Å². The van der Waals surface area contributed by atoms with Crippen molar-refractivity contribution >= 4 is 23.2 Å². The van der Waals surface area contributed by atoms with Gasteiger partial charge in [-0.3, -0.25) is 4.79 Å². The highest BCUT2D eigenvalue weighted by atomic mass is 35.5. The molecule has 5 nitrogen and oxygen atoms in total. The Morgan fingerprint density at radius 3 is 3.05 bits per heavy atom. The summed E-state index contributed by atoms with van der Waals surface area (Å²) in [7, 11) is 1.46.